The highest BCUT2D eigenvalue weighted by Gasteiger charge is 2.51. The monoisotopic (exact) mass is 485 g/mol. The standard InChI is InChI=1S/C27H39N3O5/c1-4-34-25-21(11-8-16-31)22(19(2)3)17-23(35-25)24(32)29-14-12-27(13-15-29)26(33)28-18-30(27)20-9-6-5-7-10-20/h5-7,9-10,17,19,21-22,25,31H,4,8,11-16,18H2,1-3H3,(H,28,33)/t21-,22-,25-/m1/s1. The highest BCUT2D eigenvalue weighted by atomic mass is 16.7. The van der Waals surface area contributed by atoms with Crippen molar-refractivity contribution in [2.24, 2.45) is 17.8 Å². The summed E-state index contributed by atoms with van der Waals surface area (Å²) in [5, 5.41) is 12.4. The minimum absolute atomic E-state index is 0.0320. The predicted molar refractivity (Wildman–Crippen MR) is 133 cm³/mol. The Morgan fingerprint density at radius 3 is 2.60 bits per heavy atom. The number of anilines is 1. The number of ether oxygens (including phenoxy) is 2. The van der Waals surface area contributed by atoms with Crippen LogP contribution in [0.15, 0.2) is 42.2 Å². The van der Waals surface area contributed by atoms with Crippen LogP contribution in [0.25, 0.3) is 0 Å². The van der Waals surface area contributed by atoms with E-state index in [1.165, 1.54) is 0 Å². The van der Waals surface area contributed by atoms with Crippen molar-refractivity contribution in [2.75, 3.05) is 37.9 Å². The third-order valence-corrected chi connectivity index (χ3v) is 7.72. The molecule has 3 aliphatic rings. The largest absolute Gasteiger partial charge is 0.459 e. The highest BCUT2D eigenvalue weighted by Crippen LogP contribution is 2.39. The van der Waals surface area contributed by atoms with Gasteiger partial charge in [-0.05, 0) is 62.7 Å². The lowest BCUT2D eigenvalue weighted by Crippen LogP contribution is -2.57. The number of carbonyl (C=O) groups is 2. The van der Waals surface area contributed by atoms with Gasteiger partial charge in [-0.2, -0.15) is 0 Å². The molecule has 192 valence electrons. The number of hydrogen-bond donors (Lipinski definition) is 2. The van der Waals surface area contributed by atoms with Gasteiger partial charge in [0.1, 0.15) is 5.54 Å². The second-order valence-corrected chi connectivity index (χ2v) is 10.1. The Kier molecular flexibility index (Phi) is 8.02. The summed E-state index contributed by atoms with van der Waals surface area (Å²) in [6.45, 7) is 8.27. The van der Waals surface area contributed by atoms with E-state index in [0.29, 0.717) is 57.3 Å². The number of aliphatic hydroxyl groups excluding tert-OH is 1. The van der Waals surface area contributed by atoms with Gasteiger partial charge in [-0.3, -0.25) is 9.59 Å². The normalized spacial score (nSPS) is 26.0. The zero-order valence-corrected chi connectivity index (χ0v) is 21.1. The minimum atomic E-state index is -0.635. The number of nitrogens with one attached hydrogen (secondary N) is 1. The number of rotatable bonds is 8. The third kappa shape index (κ3) is 5.05. The summed E-state index contributed by atoms with van der Waals surface area (Å²) in [7, 11) is 0. The first-order valence-electron chi connectivity index (χ1n) is 12.9. The molecule has 3 heterocycles. The van der Waals surface area contributed by atoms with Gasteiger partial charge >= 0.3 is 0 Å². The summed E-state index contributed by atoms with van der Waals surface area (Å²) in [6.07, 6.45) is 4.04. The fourth-order valence-electron chi connectivity index (χ4n) is 5.79. The molecule has 0 aliphatic carbocycles. The molecule has 0 unspecified atom stereocenters. The molecule has 3 atom stereocenters. The third-order valence-electron chi connectivity index (χ3n) is 7.72. The molecule has 3 aliphatic heterocycles. The van der Waals surface area contributed by atoms with Crippen molar-refractivity contribution >= 4 is 17.5 Å². The van der Waals surface area contributed by atoms with Crippen LogP contribution in [0.5, 0.6) is 0 Å². The van der Waals surface area contributed by atoms with Gasteiger partial charge in [0.25, 0.3) is 5.91 Å². The van der Waals surface area contributed by atoms with Crippen molar-refractivity contribution in [2.45, 2.75) is 58.3 Å². The Bertz CT molecular complexity index is 911. The number of allylic oxidation sites excluding steroid dienone is 1. The van der Waals surface area contributed by atoms with E-state index < -0.39 is 11.8 Å². The van der Waals surface area contributed by atoms with Crippen LogP contribution in [0.3, 0.4) is 0 Å². The molecule has 1 aromatic rings. The average molecular weight is 486 g/mol. The molecule has 2 amide bonds. The molecule has 35 heavy (non-hydrogen) atoms. The van der Waals surface area contributed by atoms with Crippen LogP contribution in [0, 0.1) is 17.8 Å². The summed E-state index contributed by atoms with van der Waals surface area (Å²) in [5.74, 6) is 0.750. The van der Waals surface area contributed by atoms with E-state index in [2.05, 4.69) is 24.1 Å². The molecule has 8 heteroatoms. The molecular formula is C27H39N3O5. The molecule has 4 rings (SSSR count). The molecule has 0 saturated carbocycles. The summed E-state index contributed by atoms with van der Waals surface area (Å²) in [4.78, 5) is 30.4. The Labute approximate surface area is 208 Å². The molecule has 2 fully saturated rings. The van der Waals surface area contributed by atoms with Gasteiger partial charge in [0.2, 0.25) is 12.2 Å². The van der Waals surface area contributed by atoms with Gasteiger partial charge < -0.3 is 29.7 Å². The van der Waals surface area contributed by atoms with E-state index >= 15 is 0 Å². The topological polar surface area (TPSA) is 91.3 Å². The zero-order valence-electron chi connectivity index (χ0n) is 21.1. The maximum atomic E-state index is 13.6. The summed E-state index contributed by atoms with van der Waals surface area (Å²) in [6, 6.07) is 9.96. The molecular weight excluding hydrogens is 446 g/mol. The first kappa shape index (κ1) is 25.5. The molecule has 1 spiro atoms. The molecule has 0 radical (unpaired) electrons. The summed E-state index contributed by atoms with van der Waals surface area (Å²) in [5.41, 5.74) is 0.376. The quantitative estimate of drug-likeness (QED) is 0.589. The Morgan fingerprint density at radius 2 is 1.97 bits per heavy atom. The molecule has 0 aromatic heterocycles. The van der Waals surface area contributed by atoms with Gasteiger partial charge in [-0.25, -0.2) is 0 Å². The number of para-hydroxylation sites is 1. The fourth-order valence-corrected chi connectivity index (χ4v) is 5.79. The SMILES string of the molecule is CCO[C@@H]1OC(C(=O)N2CCC3(CC2)C(=O)NCN3c2ccccc2)=C[C@H](C(C)C)[C@H]1CCCO. The maximum Gasteiger partial charge on any atom is 0.288 e. The fraction of sp³-hybridized carbons (Fsp3) is 0.630. The Balaban J connectivity index is 1.49. The first-order chi connectivity index (χ1) is 16.9. The van der Waals surface area contributed by atoms with E-state index in [1.807, 2.05) is 43.3 Å². The van der Waals surface area contributed by atoms with Crippen LogP contribution in [-0.4, -0.2) is 66.6 Å². The minimum Gasteiger partial charge on any atom is -0.459 e. The van der Waals surface area contributed by atoms with Crippen molar-refractivity contribution in [3.05, 3.63) is 42.2 Å². The van der Waals surface area contributed by atoms with E-state index in [1.54, 1.807) is 4.90 Å². The number of piperidine rings is 1. The van der Waals surface area contributed by atoms with Gasteiger partial charge in [-0.15, -0.1) is 0 Å². The predicted octanol–water partition coefficient (Wildman–Crippen LogP) is 2.88. The Hall–Kier alpha value is -2.58. The van der Waals surface area contributed by atoms with E-state index in [-0.39, 0.29) is 30.3 Å². The van der Waals surface area contributed by atoms with Gasteiger partial charge in [0.05, 0.1) is 6.67 Å². The molecule has 2 saturated heterocycles. The van der Waals surface area contributed by atoms with Crippen LogP contribution in [0.2, 0.25) is 0 Å². The molecule has 1 aromatic carbocycles. The van der Waals surface area contributed by atoms with E-state index in [0.717, 1.165) is 12.1 Å². The van der Waals surface area contributed by atoms with Crippen molar-refractivity contribution in [1.82, 2.24) is 10.2 Å². The van der Waals surface area contributed by atoms with Gasteiger partial charge in [0.15, 0.2) is 5.76 Å². The molecule has 2 N–H and O–H groups in total. The van der Waals surface area contributed by atoms with Crippen molar-refractivity contribution < 1.29 is 24.2 Å². The zero-order chi connectivity index (χ0) is 25.0. The number of hydrogen-bond acceptors (Lipinski definition) is 6. The number of benzene rings is 1. The second kappa shape index (κ2) is 11.0. The average Bonchev–Trinajstić information content (AvgIpc) is 3.18. The van der Waals surface area contributed by atoms with Crippen LogP contribution in [0.1, 0.15) is 46.5 Å². The van der Waals surface area contributed by atoms with Crippen LogP contribution in [-0.2, 0) is 19.1 Å². The van der Waals surface area contributed by atoms with Crippen LogP contribution < -0.4 is 10.2 Å². The number of likely N-dealkylation sites (tertiary alicyclic amines) is 1. The number of amides is 2. The summed E-state index contributed by atoms with van der Waals surface area (Å²) >= 11 is 0. The lowest BCUT2D eigenvalue weighted by atomic mass is 9.78. The van der Waals surface area contributed by atoms with Gasteiger partial charge in [0, 0.05) is 37.9 Å². The van der Waals surface area contributed by atoms with Gasteiger partial charge in [-0.1, -0.05) is 32.0 Å². The van der Waals surface area contributed by atoms with E-state index in [4.69, 9.17) is 9.47 Å². The lowest BCUT2D eigenvalue weighted by Gasteiger charge is -2.44. The lowest BCUT2D eigenvalue weighted by molar-refractivity contribution is -0.178. The second-order valence-electron chi connectivity index (χ2n) is 10.1. The molecule has 0 bridgehead atoms. The van der Waals surface area contributed by atoms with Crippen molar-refractivity contribution in [3.63, 3.8) is 0 Å². The maximum absolute atomic E-state index is 13.6. The van der Waals surface area contributed by atoms with E-state index in [9.17, 15) is 14.7 Å². The van der Waals surface area contributed by atoms with Crippen molar-refractivity contribution in [1.29, 1.82) is 0 Å². The molecule has 8 nitrogen and oxygen atoms in total. The van der Waals surface area contributed by atoms with Crippen LogP contribution >= 0.6 is 0 Å². The van der Waals surface area contributed by atoms with Crippen LogP contribution in [0.4, 0.5) is 5.69 Å². The van der Waals surface area contributed by atoms with Crippen molar-refractivity contribution in [3.8, 4) is 0 Å². The number of carbonyl (C=O) groups excluding carboxylic acids is 2. The number of nitrogens with zero attached hydrogens (tertiary/aromatic N) is 2. The summed E-state index contributed by atoms with van der Waals surface area (Å²) < 4.78 is 12.1. The highest BCUT2D eigenvalue weighted by molar-refractivity contribution is 5.95. The smallest absolute Gasteiger partial charge is 0.288 e. The number of aliphatic hydroxyl groups is 1. The Morgan fingerprint density at radius 1 is 1.26 bits per heavy atom. The first-order valence-corrected chi connectivity index (χ1v) is 12.9.